The smallest absolute Gasteiger partial charge is 0.250 e. The summed E-state index contributed by atoms with van der Waals surface area (Å²) in [6, 6.07) is 3.52. The van der Waals surface area contributed by atoms with Gasteiger partial charge in [0.1, 0.15) is 4.21 Å². The third kappa shape index (κ3) is 3.32. The molecule has 18 heavy (non-hydrogen) atoms. The van der Waals surface area contributed by atoms with Crippen LogP contribution in [0.5, 0.6) is 0 Å². The van der Waals surface area contributed by atoms with E-state index in [0.29, 0.717) is 17.2 Å². The zero-order valence-electron chi connectivity index (χ0n) is 10.4. The van der Waals surface area contributed by atoms with E-state index in [0.717, 1.165) is 24.1 Å². The highest BCUT2D eigenvalue weighted by atomic mass is 32.2. The summed E-state index contributed by atoms with van der Waals surface area (Å²) in [6.45, 7) is 2.44. The first-order valence-corrected chi connectivity index (χ1v) is 8.57. The van der Waals surface area contributed by atoms with Crippen molar-refractivity contribution in [3.63, 3.8) is 0 Å². The van der Waals surface area contributed by atoms with Gasteiger partial charge in [-0.2, -0.15) is 0 Å². The Kier molecular flexibility index (Phi) is 4.42. The van der Waals surface area contributed by atoms with E-state index in [9.17, 15) is 13.5 Å². The molecular weight excluding hydrogens is 270 g/mol. The van der Waals surface area contributed by atoms with E-state index < -0.39 is 10.0 Å². The molecule has 0 saturated heterocycles. The summed E-state index contributed by atoms with van der Waals surface area (Å²) >= 11 is 1.32. The maximum Gasteiger partial charge on any atom is 0.250 e. The van der Waals surface area contributed by atoms with Gasteiger partial charge in [-0.05, 0) is 43.7 Å². The predicted molar refractivity (Wildman–Crippen MR) is 72.2 cm³/mol. The molecular formula is C12H19NO3S2. The van der Waals surface area contributed by atoms with Crippen LogP contribution >= 0.6 is 11.3 Å². The van der Waals surface area contributed by atoms with Gasteiger partial charge in [0.05, 0.1) is 6.10 Å². The van der Waals surface area contributed by atoms with Gasteiger partial charge in [-0.15, -0.1) is 11.3 Å². The lowest BCUT2D eigenvalue weighted by Crippen LogP contribution is -2.28. The third-order valence-corrected chi connectivity index (χ3v) is 6.47. The Morgan fingerprint density at radius 1 is 1.44 bits per heavy atom. The van der Waals surface area contributed by atoms with Crippen LogP contribution in [0.4, 0.5) is 0 Å². The van der Waals surface area contributed by atoms with Crippen LogP contribution in [0.2, 0.25) is 0 Å². The monoisotopic (exact) mass is 289 g/mol. The molecule has 0 aliphatic heterocycles. The number of sulfonamides is 1. The molecule has 1 heterocycles. The minimum absolute atomic E-state index is 0.257. The van der Waals surface area contributed by atoms with E-state index in [1.807, 2.05) is 13.0 Å². The summed E-state index contributed by atoms with van der Waals surface area (Å²) in [7, 11) is -3.37. The summed E-state index contributed by atoms with van der Waals surface area (Å²) in [5, 5.41) is 9.41. The molecule has 2 unspecified atom stereocenters. The van der Waals surface area contributed by atoms with Gasteiger partial charge in [0.15, 0.2) is 0 Å². The van der Waals surface area contributed by atoms with Gasteiger partial charge in [0.2, 0.25) is 10.0 Å². The van der Waals surface area contributed by atoms with Gasteiger partial charge in [0.25, 0.3) is 0 Å². The normalized spacial score (nSPS) is 24.6. The fourth-order valence-electron chi connectivity index (χ4n) is 2.23. The van der Waals surface area contributed by atoms with Crippen LogP contribution in [-0.2, 0) is 16.4 Å². The standard InChI is InChI=1S/C12H19NO3S2/c1-2-11-5-6-12(17-11)18(15,16)13-8-9-3-4-10(14)7-9/h5-6,9-10,13-14H,2-4,7-8H2,1H3. The maximum atomic E-state index is 12.0. The fraction of sp³-hybridized carbons (Fsp3) is 0.667. The quantitative estimate of drug-likeness (QED) is 0.868. The van der Waals surface area contributed by atoms with Crippen molar-refractivity contribution >= 4 is 21.4 Å². The summed E-state index contributed by atoms with van der Waals surface area (Å²) in [5.74, 6) is 0.264. The van der Waals surface area contributed by atoms with Gasteiger partial charge in [-0.1, -0.05) is 6.92 Å². The first-order valence-electron chi connectivity index (χ1n) is 6.27. The van der Waals surface area contributed by atoms with E-state index in [1.54, 1.807) is 6.07 Å². The van der Waals surface area contributed by atoms with Gasteiger partial charge in [-0.3, -0.25) is 0 Å². The molecule has 2 N–H and O–H groups in total. The van der Waals surface area contributed by atoms with E-state index in [2.05, 4.69) is 4.72 Å². The van der Waals surface area contributed by atoms with Gasteiger partial charge in [0, 0.05) is 11.4 Å². The molecule has 2 rings (SSSR count). The van der Waals surface area contributed by atoms with Crippen molar-refractivity contribution in [2.75, 3.05) is 6.54 Å². The summed E-state index contributed by atoms with van der Waals surface area (Å²) < 4.78 is 27.1. The molecule has 4 nitrogen and oxygen atoms in total. The fourth-order valence-corrected chi connectivity index (χ4v) is 4.68. The first-order chi connectivity index (χ1) is 8.51. The number of hydrogen-bond donors (Lipinski definition) is 2. The Labute approximate surface area is 112 Å². The van der Waals surface area contributed by atoms with Crippen LogP contribution in [0, 0.1) is 5.92 Å². The van der Waals surface area contributed by atoms with E-state index in [4.69, 9.17) is 0 Å². The molecule has 0 radical (unpaired) electrons. The van der Waals surface area contributed by atoms with Crippen LogP contribution in [-0.4, -0.2) is 26.2 Å². The molecule has 2 atom stereocenters. The first kappa shape index (κ1) is 14.0. The lowest BCUT2D eigenvalue weighted by Gasteiger charge is -2.10. The lowest BCUT2D eigenvalue weighted by atomic mass is 10.1. The third-order valence-electron chi connectivity index (χ3n) is 3.33. The number of aliphatic hydroxyl groups excluding tert-OH is 1. The highest BCUT2D eigenvalue weighted by Crippen LogP contribution is 2.26. The number of nitrogens with one attached hydrogen (secondary N) is 1. The average molecular weight is 289 g/mol. The Morgan fingerprint density at radius 2 is 2.22 bits per heavy atom. The molecule has 0 bridgehead atoms. The van der Waals surface area contributed by atoms with Crippen molar-refractivity contribution in [1.82, 2.24) is 4.72 Å². The van der Waals surface area contributed by atoms with E-state index in [1.165, 1.54) is 11.3 Å². The molecule has 1 aliphatic rings. The van der Waals surface area contributed by atoms with Crippen molar-refractivity contribution in [1.29, 1.82) is 0 Å². The Bertz CT molecular complexity index is 495. The number of rotatable bonds is 5. The number of thiophene rings is 1. The van der Waals surface area contributed by atoms with Crippen molar-refractivity contribution in [3.8, 4) is 0 Å². The highest BCUT2D eigenvalue weighted by molar-refractivity contribution is 7.91. The second-order valence-electron chi connectivity index (χ2n) is 4.76. The minimum atomic E-state index is -3.37. The molecule has 1 aliphatic carbocycles. The average Bonchev–Trinajstić information content (AvgIpc) is 2.95. The minimum Gasteiger partial charge on any atom is -0.393 e. The summed E-state index contributed by atoms with van der Waals surface area (Å²) in [5.41, 5.74) is 0. The highest BCUT2D eigenvalue weighted by Gasteiger charge is 2.25. The van der Waals surface area contributed by atoms with E-state index in [-0.39, 0.29) is 12.0 Å². The molecule has 1 saturated carbocycles. The zero-order valence-corrected chi connectivity index (χ0v) is 12.1. The van der Waals surface area contributed by atoms with Crippen LogP contribution in [0.1, 0.15) is 31.1 Å². The van der Waals surface area contributed by atoms with Crippen LogP contribution in [0.15, 0.2) is 16.3 Å². The van der Waals surface area contributed by atoms with Crippen molar-refractivity contribution in [2.24, 2.45) is 5.92 Å². The summed E-state index contributed by atoms with van der Waals surface area (Å²) in [4.78, 5) is 1.08. The Balaban J connectivity index is 1.95. The van der Waals surface area contributed by atoms with Crippen molar-refractivity contribution < 1.29 is 13.5 Å². The topological polar surface area (TPSA) is 66.4 Å². The Hall–Kier alpha value is -0.430. The number of aryl methyl sites for hydroxylation is 1. The second-order valence-corrected chi connectivity index (χ2v) is 7.92. The molecule has 1 aromatic rings. The second kappa shape index (κ2) is 5.69. The molecule has 0 spiro atoms. The maximum absolute atomic E-state index is 12.0. The Morgan fingerprint density at radius 3 is 2.78 bits per heavy atom. The molecule has 6 heteroatoms. The summed E-state index contributed by atoms with van der Waals surface area (Å²) in [6.07, 6.45) is 2.98. The SMILES string of the molecule is CCc1ccc(S(=O)(=O)NCC2CCC(O)C2)s1. The molecule has 102 valence electrons. The van der Waals surface area contributed by atoms with Crippen molar-refractivity contribution in [2.45, 2.75) is 42.9 Å². The number of aliphatic hydroxyl groups is 1. The molecule has 0 amide bonds. The lowest BCUT2D eigenvalue weighted by molar-refractivity contribution is 0.178. The van der Waals surface area contributed by atoms with Crippen LogP contribution < -0.4 is 4.72 Å². The van der Waals surface area contributed by atoms with Gasteiger partial charge in [-0.25, -0.2) is 13.1 Å². The van der Waals surface area contributed by atoms with Gasteiger partial charge >= 0.3 is 0 Å². The van der Waals surface area contributed by atoms with Crippen LogP contribution in [0.25, 0.3) is 0 Å². The van der Waals surface area contributed by atoms with Crippen molar-refractivity contribution in [3.05, 3.63) is 17.0 Å². The molecule has 0 aromatic carbocycles. The van der Waals surface area contributed by atoms with E-state index >= 15 is 0 Å². The number of hydrogen-bond acceptors (Lipinski definition) is 4. The zero-order chi connectivity index (χ0) is 13.2. The predicted octanol–water partition coefficient (Wildman–Crippen LogP) is 1.75. The van der Waals surface area contributed by atoms with Crippen LogP contribution in [0.3, 0.4) is 0 Å². The molecule has 1 aromatic heterocycles. The molecule has 1 fully saturated rings. The largest absolute Gasteiger partial charge is 0.393 e. The van der Waals surface area contributed by atoms with Gasteiger partial charge < -0.3 is 5.11 Å².